The van der Waals surface area contributed by atoms with Crippen LogP contribution in [-0.2, 0) is 6.42 Å². The summed E-state index contributed by atoms with van der Waals surface area (Å²) in [5, 5.41) is 0. The van der Waals surface area contributed by atoms with Crippen molar-refractivity contribution in [2.45, 2.75) is 39.7 Å². The van der Waals surface area contributed by atoms with Crippen LogP contribution >= 0.6 is 0 Å². The van der Waals surface area contributed by atoms with Gasteiger partial charge in [-0.05, 0) is 38.8 Å². The second-order valence-electron chi connectivity index (χ2n) is 5.48. The lowest BCUT2D eigenvalue weighted by atomic mass is 10.0. The van der Waals surface area contributed by atoms with Gasteiger partial charge >= 0.3 is 0 Å². The van der Waals surface area contributed by atoms with Crippen LogP contribution in [0.5, 0.6) is 5.75 Å². The molecule has 0 aliphatic heterocycles. The van der Waals surface area contributed by atoms with Crippen molar-refractivity contribution >= 4 is 5.78 Å². The number of rotatable bonds is 6. The Morgan fingerprint density at radius 1 is 1.19 bits per heavy atom. The quantitative estimate of drug-likeness (QED) is 0.752. The first-order chi connectivity index (χ1) is 10.0. The van der Waals surface area contributed by atoms with Crippen LogP contribution in [0.3, 0.4) is 0 Å². The van der Waals surface area contributed by atoms with Gasteiger partial charge in [-0.2, -0.15) is 0 Å². The fraction of sp³-hybridized carbons (Fsp3) is 0.333. The van der Waals surface area contributed by atoms with Gasteiger partial charge in [0.25, 0.3) is 0 Å². The molecule has 2 aromatic rings. The van der Waals surface area contributed by atoms with Crippen LogP contribution in [0.15, 0.2) is 42.7 Å². The Morgan fingerprint density at radius 2 is 1.90 bits per heavy atom. The van der Waals surface area contributed by atoms with Gasteiger partial charge in [-0.3, -0.25) is 9.78 Å². The molecule has 1 aromatic carbocycles. The van der Waals surface area contributed by atoms with Crippen LogP contribution in [0.1, 0.15) is 41.8 Å². The van der Waals surface area contributed by atoms with Gasteiger partial charge < -0.3 is 4.74 Å². The minimum absolute atomic E-state index is 0.0738. The zero-order chi connectivity index (χ0) is 15.2. The summed E-state index contributed by atoms with van der Waals surface area (Å²) >= 11 is 0. The van der Waals surface area contributed by atoms with Gasteiger partial charge in [0.2, 0.25) is 0 Å². The highest BCUT2D eigenvalue weighted by Gasteiger charge is 2.09. The maximum absolute atomic E-state index is 12.2. The van der Waals surface area contributed by atoms with Crippen molar-refractivity contribution in [1.82, 2.24) is 4.98 Å². The number of carbonyl (C=O) groups is 1. The minimum atomic E-state index is 0.0738. The van der Waals surface area contributed by atoms with E-state index in [-0.39, 0.29) is 11.9 Å². The molecule has 0 unspecified atom stereocenters. The van der Waals surface area contributed by atoms with E-state index in [1.807, 2.05) is 13.8 Å². The molecule has 0 N–H and O–H groups in total. The molecule has 0 saturated heterocycles. The summed E-state index contributed by atoms with van der Waals surface area (Å²) < 4.78 is 5.57. The zero-order valence-corrected chi connectivity index (χ0v) is 12.8. The molecule has 0 spiro atoms. The average Bonchev–Trinajstić information content (AvgIpc) is 2.46. The molecule has 1 heterocycles. The SMILES string of the molecule is Cc1ccc(CCC(=O)c2cncc(OC(C)C)c2)cc1. The smallest absolute Gasteiger partial charge is 0.164 e. The fourth-order valence-electron chi connectivity index (χ4n) is 2.06. The summed E-state index contributed by atoms with van der Waals surface area (Å²) in [6.07, 6.45) is 4.54. The highest BCUT2D eigenvalue weighted by molar-refractivity contribution is 5.96. The first-order valence-corrected chi connectivity index (χ1v) is 7.25. The Bertz CT molecular complexity index is 603. The molecule has 3 heteroatoms. The van der Waals surface area contributed by atoms with Gasteiger partial charge in [0.1, 0.15) is 5.75 Å². The van der Waals surface area contributed by atoms with Crippen LogP contribution < -0.4 is 4.74 Å². The molecular formula is C18H21NO2. The molecule has 0 aliphatic carbocycles. The van der Waals surface area contributed by atoms with Gasteiger partial charge in [-0.15, -0.1) is 0 Å². The van der Waals surface area contributed by atoms with Crippen LogP contribution in [0.25, 0.3) is 0 Å². The number of aryl methyl sites for hydroxylation is 2. The summed E-state index contributed by atoms with van der Waals surface area (Å²) in [5.74, 6) is 0.739. The molecule has 0 fully saturated rings. The highest BCUT2D eigenvalue weighted by Crippen LogP contribution is 2.15. The van der Waals surface area contributed by atoms with Crippen LogP contribution in [0, 0.1) is 6.92 Å². The van der Waals surface area contributed by atoms with E-state index in [1.54, 1.807) is 18.5 Å². The Morgan fingerprint density at radius 3 is 2.57 bits per heavy atom. The highest BCUT2D eigenvalue weighted by atomic mass is 16.5. The van der Waals surface area contributed by atoms with Crippen LogP contribution in [0.4, 0.5) is 0 Å². The number of ketones is 1. The maximum Gasteiger partial charge on any atom is 0.164 e. The summed E-state index contributed by atoms with van der Waals surface area (Å²) in [4.78, 5) is 16.3. The molecule has 0 atom stereocenters. The third-order valence-corrected chi connectivity index (χ3v) is 3.17. The fourth-order valence-corrected chi connectivity index (χ4v) is 2.06. The van der Waals surface area contributed by atoms with Crippen molar-refractivity contribution in [3.63, 3.8) is 0 Å². The molecule has 0 amide bonds. The number of ether oxygens (including phenoxy) is 1. The lowest BCUT2D eigenvalue weighted by Crippen LogP contribution is -2.07. The van der Waals surface area contributed by atoms with Crippen molar-refractivity contribution in [2.75, 3.05) is 0 Å². The second-order valence-corrected chi connectivity index (χ2v) is 5.48. The molecule has 21 heavy (non-hydrogen) atoms. The number of Topliss-reactive ketones (excluding diaryl/α,β-unsaturated/α-hetero) is 1. The number of carbonyl (C=O) groups excluding carboxylic acids is 1. The van der Waals surface area contributed by atoms with Crippen molar-refractivity contribution in [3.8, 4) is 5.75 Å². The zero-order valence-electron chi connectivity index (χ0n) is 12.8. The van der Waals surface area contributed by atoms with Gasteiger partial charge in [0.05, 0.1) is 12.3 Å². The van der Waals surface area contributed by atoms with Crippen LogP contribution in [0.2, 0.25) is 0 Å². The van der Waals surface area contributed by atoms with Gasteiger partial charge in [-0.1, -0.05) is 29.8 Å². The Hall–Kier alpha value is -2.16. The predicted molar refractivity (Wildman–Crippen MR) is 83.8 cm³/mol. The second kappa shape index (κ2) is 7.02. The van der Waals surface area contributed by atoms with Crippen molar-refractivity contribution in [1.29, 1.82) is 0 Å². The molecule has 2 rings (SSSR count). The molecule has 0 saturated carbocycles. The molecule has 0 bridgehead atoms. The minimum Gasteiger partial charge on any atom is -0.489 e. The lowest BCUT2D eigenvalue weighted by molar-refractivity contribution is 0.0981. The van der Waals surface area contributed by atoms with Crippen molar-refractivity contribution in [2.24, 2.45) is 0 Å². The van der Waals surface area contributed by atoms with Gasteiger partial charge in [0.15, 0.2) is 5.78 Å². The Balaban J connectivity index is 1.98. The van der Waals surface area contributed by atoms with E-state index in [2.05, 4.69) is 36.2 Å². The largest absolute Gasteiger partial charge is 0.489 e. The van der Waals surface area contributed by atoms with Crippen molar-refractivity contribution in [3.05, 3.63) is 59.4 Å². The molecular weight excluding hydrogens is 262 g/mol. The normalized spacial score (nSPS) is 10.7. The van der Waals surface area contributed by atoms with E-state index >= 15 is 0 Å². The lowest BCUT2D eigenvalue weighted by Gasteiger charge is -2.10. The number of benzene rings is 1. The van der Waals surface area contributed by atoms with Crippen LogP contribution in [-0.4, -0.2) is 16.9 Å². The van der Waals surface area contributed by atoms with E-state index in [4.69, 9.17) is 4.74 Å². The first-order valence-electron chi connectivity index (χ1n) is 7.25. The molecule has 1 aromatic heterocycles. The van der Waals surface area contributed by atoms with E-state index < -0.39 is 0 Å². The summed E-state index contributed by atoms with van der Waals surface area (Å²) in [6.45, 7) is 5.96. The number of pyridine rings is 1. The van der Waals surface area contributed by atoms with Gasteiger partial charge in [0, 0.05) is 18.2 Å². The predicted octanol–water partition coefficient (Wildman–Crippen LogP) is 3.99. The third kappa shape index (κ3) is 4.71. The maximum atomic E-state index is 12.2. The molecule has 3 nitrogen and oxygen atoms in total. The number of nitrogens with zero attached hydrogens (tertiary/aromatic N) is 1. The van der Waals surface area contributed by atoms with E-state index in [0.717, 1.165) is 6.42 Å². The van der Waals surface area contributed by atoms with E-state index in [1.165, 1.54) is 11.1 Å². The monoisotopic (exact) mass is 283 g/mol. The summed E-state index contributed by atoms with van der Waals surface area (Å²) in [7, 11) is 0. The van der Waals surface area contributed by atoms with Crippen molar-refractivity contribution < 1.29 is 9.53 Å². The standard InChI is InChI=1S/C18H21NO2/c1-13(2)21-17-10-16(11-19-12-17)18(20)9-8-15-6-4-14(3)5-7-15/h4-7,10-13H,8-9H2,1-3H3. The first kappa shape index (κ1) is 15.2. The number of hydrogen-bond acceptors (Lipinski definition) is 3. The molecule has 0 aliphatic rings. The number of hydrogen-bond donors (Lipinski definition) is 0. The van der Waals surface area contributed by atoms with Gasteiger partial charge in [-0.25, -0.2) is 0 Å². The van der Waals surface area contributed by atoms with E-state index in [9.17, 15) is 4.79 Å². The summed E-state index contributed by atoms with van der Waals surface area (Å²) in [6, 6.07) is 10.0. The molecule has 110 valence electrons. The average molecular weight is 283 g/mol. The third-order valence-electron chi connectivity index (χ3n) is 3.17. The Labute approximate surface area is 126 Å². The van der Waals surface area contributed by atoms with E-state index in [0.29, 0.717) is 17.7 Å². The molecule has 0 radical (unpaired) electrons. The number of aromatic nitrogens is 1. The topological polar surface area (TPSA) is 39.2 Å². The summed E-state index contributed by atoms with van der Waals surface area (Å²) in [5.41, 5.74) is 3.02. The Kier molecular flexibility index (Phi) is 5.09.